The van der Waals surface area contributed by atoms with Crippen molar-refractivity contribution in [2.24, 2.45) is 0 Å². The average Bonchev–Trinajstić information content (AvgIpc) is 2.41. The Morgan fingerprint density at radius 3 is 2.20 bits per heavy atom. The molecule has 1 unspecified atom stereocenters. The Hall–Kier alpha value is -0.320. The SMILES string of the molecule is CC(C)Oc1ccc(C(Br)c2cc(Br)ccc2Br)cc1. The molecule has 2 rings (SSSR count). The predicted molar refractivity (Wildman–Crippen MR) is 94.8 cm³/mol. The number of hydrogen-bond donors (Lipinski definition) is 0. The van der Waals surface area contributed by atoms with E-state index in [0.717, 1.165) is 14.7 Å². The summed E-state index contributed by atoms with van der Waals surface area (Å²) >= 11 is 10.9. The van der Waals surface area contributed by atoms with Gasteiger partial charge in [-0.25, -0.2) is 0 Å². The number of alkyl halides is 1. The third kappa shape index (κ3) is 4.09. The van der Waals surface area contributed by atoms with E-state index >= 15 is 0 Å². The monoisotopic (exact) mass is 460 g/mol. The van der Waals surface area contributed by atoms with Crippen LogP contribution in [-0.4, -0.2) is 6.10 Å². The van der Waals surface area contributed by atoms with Gasteiger partial charge in [0.25, 0.3) is 0 Å². The molecule has 0 saturated heterocycles. The predicted octanol–water partition coefficient (Wildman–Crippen LogP) is 6.48. The quantitative estimate of drug-likeness (QED) is 0.472. The first-order chi connectivity index (χ1) is 9.47. The van der Waals surface area contributed by atoms with E-state index in [0.29, 0.717) is 0 Å². The van der Waals surface area contributed by atoms with Crippen LogP contribution in [0, 0.1) is 0 Å². The molecular formula is C16H15Br3O. The molecule has 0 aliphatic rings. The van der Waals surface area contributed by atoms with Crippen molar-refractivity contribution in [3.05, 3.63) is 62.5 Å². The molecule has 0 bridgehead atoms. The molecular weight excluding hydrogens is 448 g/mol. The second-order valence-electron chi connectivity index (χ2n) is 4.76. The molecule has 106 valence electrons. The van der Waals surface area contributed by atoms with Crippen molar-refractivity contribution in [1.29, 1.82) is 0 Å². The lowest BCUT2D eigenvalue weighted by atomic mass is 10.0. The standard InChI is InChI=1S/C16H15Br3O/c1-10(2)20-13-6-3-11(4-7-13)16(19)14-9-12(17)5-8-15(14)18/h3-10,16H,1-2H3. The summed E-state index contributed by atoms with van der Waals surface area (Å²) in [5, 5.41) is 0. The molecule has 0 radical (unpaired) electrons. The van der Waals surface area contributed by atoms with Crippen molar-refractivity contribution in [1.82, 2.24) is 0 Å². The molecule has 1 atom stereocenters. The summed E-state index contributed by atoms with van der Waals surface area (Å²) in [6.07, 6.45) is 0.194. The second-order valence-corrected chi connectivity index (χ2v) is 7.45. The maximum atomic E-state index is 5.67. The van der Waals surface area contributed by atoms with Gasteiger partial charge in [-0.2, -0.15) is 0 Å². The molecule has 0 saturated carbocycles. The van der Waals surface area contributed by atoms with E-state index < -0.39 is 0 Å². The van der Waals surface area contributed by atoms with Gasteiger partial charge < -0.3 is 4.74 Å². The van der Waals surface area contributed by atoms with E-state index in [9.17, 15) is 0 Å². The van der Waals surface area contributed by atoms with Crippen molar-refractivity contribution in [3.63, 3.8) is 0 Å². The minimum Gasteiger partial charge on any atom is -0.491 e. The van der Waals surface area contributed by atoms with Gasteiger partial charge >= 0.3 is 0 Å². The van der Waals surface area contributed by atoms with E-state index in [1.54, 1.807) is 0 Å². The maximum absolute atomic E-state index is 5.67. The van der Waals surface area contributed by atoms with Crippen LogP contribution in [0.15, 0.2) is 51.4 Å². The Bertz CT molecular complexity index is 579. The van der Waals surface area contributed by atoms with E-state index in [1.807, 2.05) is 38.1 Å². The summed E-state index contributed by atoms with van der Waals surface area (Å²) in [5.41, 5.74) is 2.39. The molecule has 0 heterocycles. The fourth-order valence-electron chi connectivity index (χ4n) is 1.88. The zero-order valence-electron chi connectivity index (χ0n) is 11.2. The summed E-state index contributed by atoms with van der Waals surface area (Å²) in [6.45, 7) is 4.06. The van der Waals surface area contributed by atoms with Crippen LogP contribution in [0.25, 0.3) is 0 Å². The summed E-state index contributed by atoms with van der Waals surface area (Å²) in [7, 11) is 0. The Kier molecular flexibility index (Phi) is 5.70. The van der Waals surface area contributed by atoms with E-state index in [1.165, 1.54) is 11.1 Å². The Morgan fingerprint density at radius 2 is 1.60 bits per heavy atom. The molecule has 0 aliphatic heterocycles. The van der Waals surface area contributed by atoms with E-state index in [2.05, 4.69) is 66.0 Å². The zero-order chi connectivity index (χ0) is 14.7. The molecule has 0 aromatic heterocycles. The zero-order valence-corrected chi connectivity index (χ0v) is 16.0. The number of halogens is 3. The van der Waals surface area contributed by atoms with Gasteiger partial charge in [0.2, 0.25) is 0 Å². The number of ether oxygens (including phenoxy) is 1. The number of benzene rings is 2. The first kappa shape index (κ1) is 16.1. The molecule has 0 amide bonds. The highest BCUT2D eigenvalue weighted by Gasteiger charge is 2.14. The average molecular weight is 463 g/mol. The van der Waals surface area contributed by atoms with Crippen molar-refractivity contribution in [3.8, 4) is 5.75 Å². The number of rotatable bonds is 4. The molecule has 1 nitrogen and oxygen atoms in total. The van der Waals surface area contributed by atoms with Gasteiger partial charge in [0.05, 0.1) is 10.9 Å². The highest BCUT2D eigenvalue weighted by molar-refractivity contribution is 9.11. The Balaban J connectivity index is 2.24. The summed E-state index contributed by atoms with van der Waals surface area (Å²) in [6, 6.07) is 14.4. The lowest BCUT2D eigenvalue weighted by Gasteiger charge is -2.15. The van der Waals surface area contributed by atoms with Crippen LogP contribution in [0.2, 0.25) is 0 Å². The minimum absolute atomic E-state index is 0.141. The van der Waals surface area contributed by atoms with Crippen LogP contribution in [0.1, 0.15) is 29.8 Å². The first-order valence-electron chi connectivity index (χ1n) is 6.33. The Morgan fingerprint density at radius 1 is 0.950 bits per heavy atom. The second kappa shape index (κ2) is 7.10. The van der Waals surface area contributed by atoms with Gasteiger partial charge in [-0.05, 0) is 55.3 Å². The van der Waals surface area contributed by atoms with Gasteiger partial charge in [0.15, 0.2) is 0 Å². The van der Waals surface area contributed by atoms with E-state index in [4.69, 9.17) is 4.74 Å². The third-order valence-electron chi connectivity index (χ3n) is 2.78. The van der Waals surface area contributed by atoms with Crippen molar-refractivity contribution < 1.29 is 4.74 Å². The molecule has 0 aliphatic carbocycles. The highest BCUT2D eigenvalue weighted by atomic mass is 79.9. The minimum atomic E-state index is 0.141. The molecule has 4 heteroatoms. The van der Waals surface area contributed by atoms with Gasteiger partial charge in [0.1, 0.15) is 5.75 Å². The van der Waals surface area contributed by atoms with E-state index in [-0.39, 0.29) is 10.9 Å². The normalized spacial score (nSPS) is 12.5. The van der Waals surface area contributed by atoms with Crippen molar-refractivity contribution in [2.45, 2.75) is 24.8 Å². The molecule has 2 aromatic rings. The Labute approximate surface area is 145 Å². The summed E-state index contributed by atoms with van der Waals surface area (Å²) in [4.78, 5) is 0.141. The molecule has 0 N–H and O–H groups in total. The summed E-state index contributed by atoms with van der Waals surface area (Å²) in [5.74, 6) is 0.900. The maximum Gasteiger partial charge on any atom is 0.119 e. The fraction of sp³-hybridized carbons (Fsp3) is 0.250. The van der Waals surface area contributed by atoms with Crippen molar-refractivity contribution >= 4 is 47.8 Å². The van der Waals surface area contributed by atoms with Gasteiger partial charge in [-0.15, -0.1) is 0 Å². The topological polar surface area (TPSA) is 9.23 Å². The highest BCUT2D eigenvalue weighted by Crippen LogP contribution is 2.37. The fourth-order valence-corrected chi connectivity index (χ4v) is 3.72. The van der Waals surface area contributed by atoms with Crippen LogP contribution < -0.4 is 4.74 Å². The first-order valence-corrected chi connectivity index (χ1v) is 8.83. The van der Waals surface area contributed by atoms with Crippen LogP contribution in [0.5, 0.6) is 5.75 Å². The third-order valence-corrected chi connectivity index (χ3v) is 5.01. The largest absolute Gasteiger partial charge is 0.491 e. The lowest BCUT2D eigenvalue weighted by molar-refractivity contribution is 0.242. The van der Waals surface area contributed by atoms with Gasteiger partial charge in [-0.3, -0.25) is 0 Å². The molecule has 0 spiro atoms. The van der Waals surface area contributed by atoms with Crippen LogP contribution in [0.4, 0.5) is 0 Å². The molecule has 20 heavy (non-hydrogen) atoms. The lowest BCUT2D eigenvalue weighted by Crippen LogP contribution is -2.05. The van der Waals surface area contributed by atoms with Crippen LogP contribution in [-0.2, 0) is 0 Å². The molecule has 2 aromatic carbocycles. The molecule has 0 fully saturated rings. The smallest absolute Gasteiger partial charge is 0.119 e. The summed E-state index contributed by atoms with van der Waals surface area (Å²) < 4.78 is 7.82. The van der Waals surface area contributed by atoms with Gasteiger partial charge in [0, 0.05) is 8.95 Å². The number of hydrogen-bond acceptors (Lipinski definition) is 1. The van der Waals surface area contributed by atoms with Crippen LogP contribution >= 0.6 is 47.8 Å². The van der Waals surface area contributed by atoms with Gasteiger partial charge in [-0.1, -0.05) is 59.9 Å². The van der Waals surface area contributed by atoms with Crippen molar-refractivity contribution in [2.75, 3.05) is 0 Å². The van der Waals surface area contributed by atoms with Crippen LogP contribution in [0.3, 0.4) is 0 Å².